The molecule has 108 valence electrons. The topological polar surface area (TPSA) is 88.2 Å². The van der Waals surface area contributed by atoms with E-state index in [1.807, 2.05) is 0 Å². The van der Waals surface area contributed by atoms with Crippen LogP contribution in [0.5, 0.6) is 0 Å². The highest BCUT2D eigenvalue weighted by molar-refractivity contribution is 5.43. The molecule has 20 heavy (non-hydrogen) atoms. The van der Waals surface area contributed by atoms with Crippen LogP contribution in [0.4, 0.5) is 5.82 Å². The molecule has 2 heterocycles. The van der Waals surface area contributed by atoms with Crippen LogP contribution in [0.25, 0.3) is 5.65 Å². The number of tetrazole rings is 1. The molecule has 1 fully saturated rings. The van der Waals surface area contributed by atoms with Gasteiger partial charge >= 0.3 is 0 Å². The van der Waals surface area contributed by atoms with E-state index in [9.17, 15) is 5.11 Å². The van der Waals surface area contributed by atoms with Crippen LogP contribution in [0, 0.1) is 5.92 Å². The first-order chi connectivity index (χ1) is 9.70. The van der Waals surface area contributed by atoms with Crippen molar-refractivity contribution in [2.24, 2.45) is 5.92 Å². The lowest BCUT2D eigenvalue weighted by Gasteiger charge is -2.36. The fourth-order valence-electron chi connectivity index (χ4n) is 2.85. The molecule has 0 unspecified atom stereocenters. The van der Waals surface area contributed by atoms with Gasteiger partial charge in [0.15, 0.2) is 11.5 Å². The van der Waals surface area contributed by atoms with Gasteiger partial charge in [-0.25, -0.2) is 0 Å². The van der Waals surface area contributed by atoms with Crippen molar-refractivity contribution in [1.29, 1.82) is 0 Å². The van der Waals surface area contributed by atoms with Crippen LogP contribution in [0.2, 0.25) is 0 Å². The Morgan fingerprint density at radius 3 is 2.95 bits per heavy atom. The van der Waals surface area contributed by atoms with Crippen LogP contribution in [-0.4, -0.2) is 42.3 Å². The summed E-state index contributed by atoms with van der Waals surface area (Å²) >= 11 is 0. The molecule has 0 radical (unpaired) electrons. The standard InChI is InChI=1S/C13H20N6O/c1-2-10-3-5-13(20,6-4-10)9-15-11-7-14-8-12-16-17-18-19(11)12/h7-8,10,15,20H,2-6,9H2,1H3. The Morgan fingerprint density at radius 1 is 1.40 bits per heavy atom. The molecule has 2 N–H and O–H groups in total. The maximum atomic E-state index is 10.6. The van der Waals surface area contributed by atoms with Gasteiger partial charge in [0.2, 0.25) is 0 Å². The molecule has 0 bridgehead atoms. The van der Waals surface area contributed by atoms with Crippen LogP contribution in [-0.2, 0) is 0 Å². The molecule has 0 atom stereocenters. The van der Waals surface area contributed by atoms with Crippen molar-refractivity contribution < 1.29 is 5.11 Å². The summed E-state index contributed by atoms with van der Waals surface area (Å²) in [6, 6.07) is 0. The number of hydrogen-bond donors (Lipinski definition) is 2. The molecule has 3 rings (SSSR count). The number of aromatic nitrogens is 5. The molecule has 7 nitrogen and oxygen atoms in total. The third-order valence-corrected chi connectivity index (χ3v) is 4.32. The Kier molecular flexibility index (Phi) is 3.52. The summed E-state index contributed by atoms with van der Waals surface area (Å²) in [5.74, 6) is 1.47. The van der Waals surface area contributed by atoms with Gasteiger partial charge in [-0.15, -0.1) is 5.10 Å². The lowest BCUT2D eigenvalue weighted by Crippen LogP contribution is -2.40. The van der Waals surface area contributed by atoms with E-state index in [2.05, 4.69) is 32.7 Å². The smallest absolute Gasteiger partial charge is 0.199 e. The minimum absolute atomic E-state index is 0.504. The molecule has 0 amide bonds. The van der Waals surface area contributed by atoms with Gasteiger partial charge in [0.1, 0.15) is 0 Å². The minimum atomic E-state index is -0.637. The molecule has 7 heteroatoms. The van der Waals surface area contributed by atoms with E-state index in [0.29, 0.717) is 18.0 Å². The quantitative estimate of drug-likeness (QED) is 0.874. The number of hydrogen-bond acceptors (Lipinski definition) is 6. The average Bonchev–Trinajstić information content (AvgIpc) is 2.95. The zero-order valence-electron chi connectivity index (χ0n) is 11.7. The van der Waals surface area contributed by atoms with Crippen LogP contribution in [0.3, 0.4) is 0 Å². The minimum Gasteiger partial charge on any atom is -0.388 e. The number of fused-ring (bicyclic) bond motifs is 1. The van der Waals surface area contributed by atoms with E-state index in [-0.39, 0.29) is 0 Å². The first kappa shape index (κ1) is 13.2. The molecule has 1 saturated carbocycles. The second-order valence-electron chi connectivity index (χ2n) is 5.67. The van der Waals surface area contributed by atoms with Crippen LogP contribution < -0.4 is 5.32 Å². The predicted octanol–water partition coefficient (Wildman–Crippen LogP) is 1.26. The van der Waals surface area contributed by atoms with Gasteiger partial charge in [0, 0.05) is 6.54 Å². The van der Waals surface area contributed by atoms with E-state index < -0.39 is 5.60 Å². The molecular formula is C13H20N6O. The highest BCUT2D eigenvalue weighted by Crippen LogP contribution is 2.33. The van der Waals surface area contributed by atoms with Crippen molar-refractivity contribution in [2.75, 3.05) is 11.9 Å². The summed E-state index contributed by atoms with van der Waals surface area (Å²) in [6.07, 6.45) is 8.37. The van der Waals surface area contributed by atoms with Gasteiger partial charge in [0.05, 0.1) is 18.0 Å². The summed E-state index contributed by atoms with van der Waals surface area (Å²) < 4.78 is 1.59. The predicted molar refractivity (Wildman–Crippen MR) is 74.3 cm³/mol. The summed E-state index contributed by atoms with van der Waals surface area (Å²) in [7, 11) is 0. The summed E-state index contributed by atoms with van der Waals surface area (Å²) in [5, 5.41) is 25.2. The van der Waals surface area contributed by atoms with Gasteiger partial charge in [0.25, 0.3) is 0 Å². The first-order valence-electron chi connectivity index (χ1n) is 7.18. The Labute approximate surface area is 117 Å². The van der Waals surface area contributed by atoms with Gasteiger partial charge < -0.3 is 10.4 Å². The molecule has 0 aromatic carbocycles. The number of nitrogens with one attached hydrogen (secondary N) is 1. The third-order valence-electron chi connectivity index (χ3n) is 4.32. The monoisotopic (exact) mass is 276 g/mol. The van der Waals surface area contributed by atoms with E-state index in [1.165, 1.54) is 6.42 Å². The molecule has 0 spiro atoms. The first-order valence-corrected chi connectivity index (χ1v) is 7.18. The maximum absolute atomic E-state index is 10.6. The molecule has 2 aromatic rings. The number of rotatable bonds is 4. The zero-order chi connectivity index (χ0) is 14.0. The third kappa shape index (κ3) is 2.58. The van der Waals surface area contributed by atoms with Crippen LogP contribution in [0.1, 0.15) is 39.0 Å². The Hall–Kier alpha value is -1.76. The Morgan fingerprint density at radius 2 is 2.20 bits per heavy atom. The molecule has 0 saturated heterocycles. The highest BCUT2D eigenvalue weighted by atomic mass is 16.3. The van der Waals surface area contributed by atoms with E-state index in [4.69, 9.17) is 0 Å². The van der Waals surface area contributed by atoms with Crippen molar-refractivity contribution in [1.82, 2.24) is 25.0 Å². The van der Waals surface area contributed by atoms with Crippen molar-refractivity contribution >= 4 is 11.5 Å². The van der Waals surface area contributed by atoms with Gasteiger partial charge in [-0.1, -0.05) is 13.3 Å². The van der Waals surface area contributed by atoms with Gasteiger partial charge in [-0.3, -0.25) is 4.98 Å². The van der Waals surface area contributed by atoms with Crippen molar-refractivity contribution in [3.8, 4) is 0 Å². The molecule has 0 aliphatic heterocycles. The van der Waals surface area contributed by atoms with Crippen molar-refractivity contribution in [2.45, 2.75) is 44.6 Å². The van der Waals surface area contributed by atoms with Crippen LogP contribution in [0.15, 0.2) is 12.4 Å². The summed E-state index contributed by atoms with van der Waals surface area (Å²) in [4.78, 5) is 4.09. The average molecular weight is 276 g/mol. The Bertz CT molecular complexity index is 575. The summed E-state index contributed by atoms with van der Waals surface area (Å²) in [5.41, 5.74) is -0.0429. The lowest BCUT2D eigenvalue weighted by atomic mass is 9.78. The normalized spacial score (nSPS) is 26.8. The SMILES string of the molecule is CCC1CCC(O)(CNc2cncc3nnnn23)CC1. The van der Waals surface area contributed by atoms with Gasteiger partial charge in [-0.05, 0) is 42.0 Å². The molecule has 2 aromatic heterocycles. The molecular weight excluding hydrogens is 256 g/mol. The zero-order valence-corrected chi connectivity index (χ0v) is 11.7. The maximum Gasteiger partial charge on any atom is 0.199 e. The molecule has 1 aliphatic carbocycles. The summed E-state index contributed by atoms with van der Waals surface area (Å²) in [6.45, 7) is 2.72. The molecule has 1 aliphatic rings. The van der Waals surface area contributed by atoms with E-state index in [0.717, 1.165) is 31.6 Å². The fourth-order valence-corrected chi connectivity index (χ4v) is 2.85. The number of anilines is 1. The van der Waals surface area contributed by atoms with Crippen molar-refractivity contribution in [3.05, 3.63) is 12.4 Å². The fraction of sp³-hybridized carbons (Fsp3) is 0.692. The lowest BCUT2D eigenvalue weighted by molar-refractivity contribution is 0.00219. The number of nitrogens with zero attached hydrogens (tertiary/aromatic N) is 5. The van der Waals surface area contributed by atoms with E-state index in [1.54, 1.807) is 16.9 Å². The second kappa shape index (κ2) is 5.32. The van der Waals surface area contributed by atoms with Crippen LogP contribution >= 0.6 is 0 Å². The Balaban J connectivity index is 1.66. The van der Waals surface area contributed by atoms with Gasteiger partial charge in [-0.2, -0.15) is 4.52 Å². The van der Waals surface area contributed by atoms with E-state index >= 15 is 0 Å². The second-order valence-corrected chi connectivity index (χ2v) is 5.67. The highest BCUT2D eigenvalue weighted by Gasteiger charge is 2.32. The largest absolute Gasteiger partial charge is 0.388 e. The number of aliphatic hydroxyl groups is 1. The van der Waals surface area contributed by atoms with Crippen molar-refractivity contribution in [3.63, 3.8) is 0 Å².